The van der Waals surface area contributed by atoms with Gasteiger partial charge in [0.05, 0.1) is 7.11 Å². The van der Waals surface area contributed by atoms with Crippen LogP contribution in [-0.4, -0.2) is 37.4 Å². The van der Waals surface area contributed by atoms with Crippen molar-refractivity contribution in [2.45, 2.75) is 24.5 Å². The summed E-state index contributed by atoms with van der Waals surface area (Å²) in [7, 11) is 1.30. The number of alkyl halides is 2. The van der Waals surface area contributed by atoms with Gasteiger partial charge < -0.3 is 19.4 Å². The number of methoxy groups -OCH3 is 1. The quantitative estimate of drug-likeness (QED) is 0.311. The number of carbonyl (C=O) groups excluding carboxylic acids is 1. The smallest absolute Gasteiger partial charge is 0.387 e. The lowest BCUT2D eigenvalue weighted by Crippen LogP contribution is -2.32. The van der Waals surface area contributed by atoms with Gasteiger partial charge in [0.25, 0.3) is 0 Å². The van der Waals surface area contributed by atoms with Crippen LogP contribution >= 0.6 is 47.4 Å². The number of thioether (sulfide) groups is 1. The van der Waals surface area contributed by atoms with Gasteiger partial charge in [-0.25, -0.2) is 4.79 Å². The molecule has 13 heteroatoms. The first kappa shape index (κ1) is 26.5. The summed E-state index contributed by atoms with van der Waals surface area (Å²) in [6.45, 7) is -2.36. The lowest BCUT2D eigenvalue weighted by atomic mass is 10.0. The van der Waals surface area contributed by atoms with E-state index in [1.165, 1.54) is 37.1 Å². The molecule has 0 amide bonds. The summed E-state index contributed by atoms with van der Waals surface area (Å²) in [5, 5.41) is 14.2. The van der Waals surface area contributed by atoms with Gasteiger partial charge in [0.1, 0.15) is 16.1 Å². The minimum absolute atomic E-state index is 0. The second-order valence-corrected chi connectivity index (χ2v) is 8.44. The van der Waals surface area contributed by atoms with E-state index in [1.807, 2.05) is 0 Å². The number of nitrogens with one attached hydrogen (secondary N) is 1. The minimum Gasteiger partial charge on any atom is -0.619 e. The molecule has 1 aliphatic rings. The number of carbonyl (C=O) groups is 1. The number of pyridine rings is 1. The standard InChI is InChI=1S/C19H18Cl2F2N2O5S.ClH/c1-28-16-6-10(2-3-14(16)30-19(22)23)15(29-18(26)17-24-4-5-31-17)7-11-12(20)8-25(27)9-13(11)21;/h2-3,6,8-9,15,17,19,24H,4-5,7H2,1H3;1H. The Morgan fingerprint density at radius 2 is 2.00 bits per heavy atom. The third-order valence-electron chi connectivity index (χ3n) is 4.41. The van der Waals surface area contributed by atoms with E-state index in [-0.39, 0.29) is 40.4 Å². The summed E-state index contributed by atoms with van der Waals surface area (Å²) in [6, 6.07) is 4.21. The molecule has 0 spiro atoms. The zero-order chi connectivity index (χ0) is 22.5. The molecule has 7 nitrogen and oxygen atoms in total. The molecule has 1 fully saturated rings. The fourth-order valence-electron chi connectivity index (χ4n) is 3.00. The predicted octanol–water partition coefficient (Wildman–Crippen LogP) is 4.15. The maximum atomic E-state index is 12.6. The van der Waals surface area contributed by atoms with Crippen molar-refractivity contribution in [3.63, 3.8) is 0 Å². The van der Waals surface area contributed by atoms with Gasteiger partial charge in [0.2, 0.25) is 0 Å². The molecule has 2 unspecified atom stereocenters. The molecule has 1 aromatic carbocycles. The van der Waals surface area contributed by atoms with Gasteiger partial charge in [-0.1, -0.05) is 29.3 Å². The molecule has 2 aromatic rings. The van der Waals surface area contributed by atoms with Gasteiger partial charge in [-0.2, -0.15) is 13.5 Å². The van der Waals surface area contributed by atoms with Crippen LogP contribution in [0.4, 0.5) is 8.78 Å². The van der Waals surface area contributed by atoms with E-state index in [0.717, 1.165) is 18.1 Å². The highest BCUT2D eigenvalue weighted by Gasteiger charge is 2.29. The molecule has 1 saturated heterocycles. The Hall–Kier alpha value is -1.72. The molecule has 0 radical (unpaired) electrons. The highest BCUT2D eigenvalue weighted by atomic mass is 35.5. The lowest BCUT2D eigenvalue weighted by molar-refractivity contribution is -0.605. The molecule has 1 aromatic heterocycles. The van der Waals surface area contributed by atoms with Crippen molar-refractivity contribution in [3.8, 4) is 11.5 Å². The average molecular weight is 532 g/mol. The van der Waals surface area contributed by atoms with E-state index >= 15 is 0 Å². The maximum Gasteiger partial charge on any atom is 0.387 e. The normalized spacial score (nSPS) is 16.4. The van der Waals surface area contributed by atoms with Crippen LogP contribution in [0.15, 0.2) is 30.6 Å². The monoisotopic (exact) mass is 530 g/mol. The van der Waals surface area contributed by atoms with E-state index in [9.17, 15) is 18.8 Å². The van der Waals surface area contributed by atoms with Crippen molar-refractivity contribution in [1.82, 2.24) is 5.32 Å². The fraction of sp³-hybridized carbons (Fsp3) is 0.368. The summed E-state index contributed by atoms with van der Waals surface area (Å²) in [5.74, 6) is 0.136. The van der Waals surface area contributed by atoms with Crippen LogP contribution in [0.25, 0.3) is 0 Å². The number of ether oxygens (including phenoxy) is 3. The molecular formula is C19H19Cl3F2N2O5S. The first-order chi connectivity index (χ1) is 14.8. The molecule has 3 rings (SSSR count). The van der Waals surface area contributed by atoms with E-state index in [1.54, 1.807) is 0 Å². The lowest BCUT2D eigenvalue weighted by Gasteiger charge is -2.22. The van der Waals surface area contributed by atoms with Crippen LogP contribution in [0.1, 0.15) is 17.2 Å². The number of esters is 1. The van der Waals surface area contributed by atoms with E-state index in [4.69, 9.17) is 32.7 Å². The Balaban J connectivity index is 0.00000363. The predicted molar refractivity (Wildman–Crippen MR) is 119 cm³/mol. The number of rotatable bonds is 8. The molecule has 2 heterocycles. The highest BCUT2D eigenvalue weighted by Crippen LogP contribution is 2.36. The van der Waals surface area contributed by atoms with E-state index in [2.05, 4.69) is 10.1 Å². The summed E-state index contributed by atoms with van der Waals surface area (Å²) in [4.78, 5) is 12.6. The van der Waals surface area contributed by atoms with Crippen LogP contribution in [0.2, 0.25) is 10.0 Å². The number of aromatic nitrogens is 1. The van der Waals surface area contributed by atoms with Crippen LogP contribution in [0.5, 0.6) is 11.5 Å². The molecule has 32 heavy (non-hydrogen) atoms. The van der Waals surface area contributed by atoms with Crippen molar-refractivity contribution < 1.29 is 32.5 Å². The van der Waals surface area contributed by atoms with Crippen molar-refractivity contribution >= 4 is 53.3 Å². The summed E-state index contributed by atoms with van der Waals surface area (Å²) in [6.07, 6.45) is 1.43. The Kier molecular flexibility index (Phi) is 9.90. The summed E-state index contributed by atoms with van der Waals surface area (Å²) in [5.41, 5.74) is 0.841. The fourth-order valence-corrected chi connectivity index (χ4v) is 4.49. The molecule has 176 valence electrons. The molecule has 2 atom stereocenters. The third kappa shape index (κ3) is 6.64. The Bertz CT molecular complexity index is 928. The van der Waals surface area contributed by atoms with Gasteiger partial charge in [0.15, 0.2) is 29.3 Å². The molecule has 1 aliphatic heterocycles. The Morgan fingerprint density at radius 1 is 1.31 bits per heavy atom. The van der Waals surface area contributed by atoms with E-state index < -0.39 is 24.1 Å². The van der Waals surface area contributed by atoms with Crippen molar-refractivity contribution in [2.75, 3.05) is 19.4 Å². The van der Waals surface area contributed by atoms with Crippen LogP contribution < -0.4 is 19.5 Å². The second-order valence-electron chi connectivity index (χ2n) is 6.42. The van der Waals surface area contributed by atoms with Gasteiger partial charge in [-0.15, -0.1) is 24.2 Å². The SMILES string of the molecule is COc1cc(C(Cc2c(Cl)c[n+]([O-])cc2Cl)OC(=O)C2NCCS2)ccc1OC(F)F.Cl. The third-order valence-corrected chi connectivity index (χ3v) is 6.20. The topological polar surface area (TPSA) is 83.7 Å². The number of nitrogens with zero attached hydrogens (tertiary/aromatic N) is 1. The minimum atomic E-state index is -3.03. The van der Waals surface area contributed by atoms with Crippen LogP contribution in [-0.2, 0) is 16.0 Å². The first-order valence-corrected chi connectivity index (χ1v) is 10.8. The number of benzene rings is 1. The molecule has 0 bridgehead atoms. The molecular weight excluding hydrogens is 513 g/mol. The van der Waals surface area contributed by atoms with E-state index in [0.29, 0.717) is 22.4 Å². The zero-order valence-corrected chi connectivity index (χ0v) is 19.7. The second kappa shape index (κ2) is 11.9. The molecule has 1 N–H and O–H groups in total. The van der Waals surface area contributed by atoms with Gasteiger partial charge in [0, 0.05) is 24.3 Å². The van der Waals surface area contributed by atoms with Gasteiger partial charge >= 0.3 is 12.6 Å². The Labute approximate surface area is 203 Å². The largest absolute Gasteiger partial charge is 0.619 e. The summed E-state index contributed by atoms with van der Waals surface area (Å²) >= 11 is 13.8. The molecule has 0 aliphatic carbocycles. The number of halogens is 5. The number of hydrogen-bond donors (Lipinski definition) is 1. The van der Waals surface area contributed by atoms with Gasteiger partial charge in [-0.05, 0) is 17.7 Å². The van der Waals surface area contributed by atoms with Crippen LogP contribution in [0.3, 0.4) is 0 Å². The van der Waals surface area contributed by atoms with Gasteiger partial charge in [-0.3, -0.25) is 5.32 Å². The van der Waals surface area contributed by atoms with Crippen molar-refractivity contribution in [2.24, 2.45) is 0 Å². The van der Waals surface area contributed by atoms with Crippen molar-refractivity contribution in [3.05, 3.63) is 57.0 Å². The number of hydrogen-bond acceptors (Lipinski definition) is 7. The zero-order valence-electron chi connectivity index (χ0n) is 16.6. The maximum absolute atomic E-state index is 12.6. The van der Waals surface area contributed by atoms with Crippen LogP contribution in [0, 0.1) is 5.21 Å². The first-order valence-electron chi connectivity index (χ1n) is 9.03. The Morgan fingerprint density at radius 3 is 2.56 bits per heavy atom. The average Bonchev–Trinajstić information content (AvgIpc) is 3.24. The highest BCUT2D eigenvalue weighted by molar-refractivity contribution is 8.00. The summed E-state index contributed by atoms with van der Waals surface area (Å²) < 4.78 is 41.0. The molecule has 0 saturated carbocycles. The van der Waals surface area contributed by atoms with Crippen molar-refractivity contribution in [1.29, 1.82) is 0 Å².